The third-order valence-corrected chi connectivity index (χ3v) is 7.96. The zero-order chi connectivity index (χ0) is 27.1. The molecule has 1 fully saturated rings. The van der Waals surface area contributed by atoms with Crippen molar-refractivity contribution in [2.24, 2.45) is 0 Å². The van der Waals surface area contributed by atoms with Crippen LogP contribution in [0.15, 0.2) is 30.3 Å². The molecule has 1 aliphatic carbocycles. The van der Waals surface area contributed by atoms with E-state index in [1.54, 1.807) is 15.6 Å². The Kier molecular flexibility index (Phi) is 10.3. The fourth-order valence-corrected chi connectivity index (χ4v) is 5.60. The number of amides is 2. The lowest BCUT2D eigenvalue weighted by atomic mass is 9.94. The molecule has 208 valence electrons. The van der Waals surface area contributed by atoms with E-state index in [1.807, 2.05) is 38.1 Å². The second-order valence-corrected chi connectivity index (χ2v) is 12.4. The lowest BCUT2D eigenvalue weighted by Gasteiger charge is -2.43. The largest absolute Gasteiger partial charge is 0.493 e. The summed E-state index contributed by atoms with van der Waals surface area (Å²) in [5, 5.41) is 8.07. The highest BCUT2D eigenvalue weighted by Crippen LogP contribution is 2.34. The van der Waals surface area contributed by atoms with Crippen molar-refractivity contribution in [2.45, 2.75) is 81.0 Å². The summed E-state index contributed by atoms with van der Waals surface area (Å²) in [7, 11) is 0. The van der Waals surface area contributed by atoms with Gasteiger partial charge in [-0.2, -0.15) is 5.10 Å². The zero-order valence-corrected chi connectivity index (χ0v) is 25.2. The van der Waals surface area contributed by atoms with Crippen LogP contribution >= 0.6 is 34.2 Å². The lowest BCUT2D eigenvalue weighted by Crippen LogP contribution is -2.65. The third kappa shape index (κ3) is 6.83. The predicted octanol–water partition coefficient (Wildman–Crippen LogP) is 5.41. The van der Waals surface area contributed by atoms with Gasteiger partial charge in [0, 0.05) is 24.0 Å². The standard InChI is InChI=1S/C28H38ClIN4O4/c1-20(30)37-17-15-33-26(35)24-18-23(22-12-7-8-13-25(22)38-16-9-14-29)32-34(24)19-28(33,2)27(36)31-21-10-5-3-4-6-11-21/h7-8,12-13,18,20-21H,3-6,9-11,14-17,19H2,1-2H3,(H,31,36). The molecule has 10 heteroatoms. The van der Waals surface area contributed by atoms with Crippen molar-refractivity contribution in [1.82, 2.24) is 20.0 Å². The summed E-state index contributed by atoms with van der Waals surface area (Å²) in [6, 6.07) is 9.58. The van der Waals surface area contributed by atoms with Gasteiger partial charge in [-0.15, -0.1) is 11.6 Å². The molecule has 0 bridgehead atoms. The first kappa shape index (κ1) is 29.1. The number of benzene rings is 1. The van der Waals surface area contributed by atoms with Crippen molar-refractivity contribution in [3.63, 3.8) is 0 Å². The Bertz CT molecular complexity index is 1100. The van der Waals surface area contributed by atoms with E-state index >= 15 is 0 Å². The zero-order valence-electron chi connectivity index (χ0n) is 22.3. The molecule has 2 aliphatic rings. The number of carbonyl (C=O) groups excluding carboxylic acids is 2. The summed E-state index contributed by atoms with van der Waals surface area (Å²) in [6.07, 6.45) is 7.32. The fraction of sp³-hybridized carbons (Fsp3) is 0.607. The number of halogens is 2. The summed E-state index contributed by atoms with van der Waals surface area (Å²) in [5.74, 6) is 0.856. The Morgan fingerprint density at radius 2 is 1.97 bits per heavy atom. The molecule has 4 rings (SSSR count). The number of nitrogens with zero attached hydrogens (tertiary/aromatic N) is 3. The maximum absolute atomic E-state index is 13.9. The minimum Gasteiger partial charge on any atom is -0.493 e. The first-order valence-corrected chi connectivity index (χ1v) is 15.4. The van der Waals surface area contributed by atoms with Gasteiger partial charge < -0.3 is 19.7 Å². The maximum atomic E-state index is 13.9. The molecule has 2 atom stereocenters. The van der Waals surface area contributed by atoms with E-state index in [2.05, 4.69) is 27.9 Å². The van der Waals surface area contributed by atoms with E-state index < -0.39 is 5.54 Å². The van der Waals surface area contributed by atoms with Crippen molar-refractivity contribution < 1.29 is 19.1 Å². The minimum absolute atomic E-state index is 0.00555. The highest BCUT2D eigenvalue weighted by molar-refractivity contribution is 14.1. The van der Waals surface area contributed by atoms with Crippen molar-refractivity contribution in [3.05, 3.63) is 36.0 Å². The Balaban J connectivity index is 1.63. The highest BCUT2D eigenvalue weighted by atomic mass is 127. The van der Waals surface area contributed by atoms with Gasteiger partial charge in [-0.3, -0.25) is 14.3 Å². The van der Waals surface area contributed by atoms with Crippen LogP contribution < -0.4 is 10.1 Å². The van der Waals surface area contributed by atoms with Gasteiger partial charge in [-0.05, 0) is 51.3 Å². The fourth-order valence-electron chi connectivity index (χ4n) is 5.23. The molecular formula is C28H38ClIN4O4. The Morgan fingerprint density at radius 3 is 2.68 bits per heavy atom. The van der Waals surface area contributed by atoms with Crippen LogP contribution in [0.1, 0.15) is 69.3 Å². The molecule has 0 spiro atoms. The maximum Gasteiger partial charge on any atom is 0.273 e. The molecule has 38 heavy (non-hydrogen) atoms. The minimum atomic E-state index is -1.09. The molecule has 1 N–H and O–H groups in total. The van der Waals surface area contributed by atoms with Crippen molar-refractivity contribution in [2.75, 3.05) is 25.6 Å². The molecule has 8 nitrogen and oxygen atoms in total. The molecule has 2 aromatic rings. The van der Waals surface area contributed by atoms with Crippen LogP contribution in [-0.2, 0) is 16.1 Å². The van der Waals surface area contributed by atoms with Gasteiger partial charge in [-0.25, -0.2) is 0 Å². The highest BCUT2D eigenvalue weighted by Gasteiger charge is 2.48. The number of aromatic nitrogens is 2. The predicted molar refractivity (Wildman–Crippen MR) is 157 cm³/mol. The van der Waals surface area contributed by atoms with Gasteiger partial charge in [0.05, 0.1) is 25.5 Å². The summed E-state index contributed by atoms with van der Waals surface area (Å²) in [5.41, 5.74) is 0.807. The van der Waals surface area contributed by atoms with Gasteiger partial charge >= 0.3 is 0 Å². The van der Waals surface area contributed by atoms with Gasteiger partial charge in [0.1, 0.15) is 21.1 Å². The average Bonchev–Trinajstić information content (AvgIpc) is 3.14. The smallest absolute Gasteiger partial charge is 0.273 e. The van der Waals surface area contributed by atoms with E-state index in [0.717, 1.165) is 37.7 Å². The molecule has 1 saturated carbocycles. The van der Waals surface area contributed by atoms with E-state index in [9.17, 15) is 9.59 Å². The molecule has 2 amide bonds. The normalized spacial score (nSPS) is 21.1. The van der Waals surface area contributed by atoms with Crippen LogP contribution in [0.25, 0.3) is 11.3 Å². The molecule has 1 aliphatic heterocycles. The quantitative estimate of drug-likeness (QED) is 0.151. The Labute approximate surface area is 243 Å². The van der Waals surface area contributed by atoms with Gasteiger partial charge in [0.15, 0.2) is 0 Å². The summed E-state index contributed by atoms with van der Waals surface area (Å²) in [6.45, 7) is 5.22. The van der Waals surface area contributed by atoms with E-state index in [-0.39, 0.29) is 28.5 Å². The molecular weight excluding hydrogens is 619 g/mol. The second-order valence-electron chi connectivity index (χ2n) is 10.3. The monoisotopic (exact) mass is 656 g/mol. The Hall–Kier alpha value is -1.85. The topological polar surface area (TPSA) is 85.7 Å². The van der Waals surface area contributed by atoms with Crippen LogP contribution in [0, 0.1) is 0 Å². The van der Waals surface area contributed by atoms with Crippen LogP contribution in [0.3, 0.4) is 0 Å². The van der Waals surface area contributed by atoms with Crippen molar-refractivity contribution >= 4 is 46.0 Å². The summed E-state index contributed by atoms with van der Waals surface area (Å²) >= 11 is 8.01. The van der Waals surface area contributed by atoms with Gasteiger partial charge in [0.2, 0.25) is 5.91 Å². The number of para-hydroxylation sites is 1. The number of hydrogen-bond donors (Lipinski definition) is 1. The summed E-state index contributed by atoms with van der Waals surface area (Å²) in [4.78, 5) is 29.4. The molecule has 0 radical (unpaired) electrons. The second kappa shape index (κ2) is 13.5. The number of hydrogen-bond acceptors (Lipinski definition) is 5. The molecule has 1 aromatic carbocycles. The molecule has 2 unspecified atom stereocenters. The Morgan fingerprint density at radius 1 is 1.24 bits per heavy atom. The van der Waals surface area contributed by atoms with Crippen LogP contribution in [0.4, 0.5) is 0 Å². The van der Waals surface area contributed by atoms with E-state index in [1.165, 1.54) is 12.8 Å². The van der Waals surface area contributed by atoms with Crippen molar-refractivity contribution in [1.29, 1.82) is 0 Å². The third-order valence-electron chi connectivity index (χ3n) is 7.34. The number of nitrogens with one attached hydrogen (secondary N) is 1. The average molecular weight is 657 g/mol. The van der Waals surface area contributed by atoms with Crippen LogP contribution in [0.5, 0.6) is 5.75 Å². The van der Waals surface area contributed by atoms with Gasteiger partial charge in [0.25, 0.3) is 5.91 Å². The molecule has 1 aromatic heterocycles. The number of ether oxygens (including phenoxy) is 2. The first-order valence-electron chi connectivity index (χ1n) is 13.6. The van der Waals surface area contributed by atoms with Crippen LogP contribution in [0.2, 0.25) is 0 Å². The lowest BCUT2D eigenvalue weighted by molar-refractivity contribution is -0.134. The summed E-state index contributed by atoms with van der Waals surface area (Å²) < 4.78 is 13.4. The number of rotatable bonds is 11. The first-order chi connectivity index (χ1) is 18.3. The number of alkyl halides is 2. The van der Waals surface area contributed by atoms with Crippen LogP contribution in [-0.4, -0.2) is 67.8 Å². The van der Waals surface area contributed by atoms with E-state index in [4.69, 9.17) is 26.2 Å². The number of fused-ring (bicyclic) bond motifs is 1. The van der Waals surface area contributed by atoms with Gasteiger partial charge in [-0.1, -0.05) is 60.4 Å². The SMILES string of the molecule is CC(I)OCCN1C(=O)c2cc(-c3ccccc3OCCCCl)nn2CC1(C)C(=O)NC1CCCCCC1. The molecule has 2 heterocycles. The van der Waals surface area contributed by atoms with Crippen molar-refractivity contribution in [3.8, 4) is 17.0 Å². The molecule has 0 saturated heterocycles. The number of carbonyl (C=O) groups is 2. The van der Waals surface area contributed by atoms with E-state index in [0.29, 0.717) is 42.8 Å².